The number of allylic oxidation sites excluding steroid dienone is 3. The van der Waals surface area contributed by atoms with Crippen LogP contribution in [0.25, 0.3) is 35.4 Å². The van der Waals surface area contributed by atoms with Gasteiger partial charge in [0.2, 0.25) is 0 Å². The Labute approximate surface area is 144 Å². The van der Waals surface area contributed by atoms with Crippen LogP contribution in [0, 0.1) is 11.3 Å². The first-order valence-corrected chi connectivity index (χ1v) is 7.85. The van der Waals surface area contributed by atoms with Crippen molar-refractivity contribution < 1.29 is 0 Å². The highest BCUT2D eigenvalue weighted by Gasteiger charge is 2.11. The van der Waals surface area contributed by atoms with Crippen molar-refractivity contribution in [2.24, 2.45) is 0 Å². The molecule has 25 heavy (non-hydrogen) atoms. The van der Waals surface area contributed by atoms with E-state index in [1.807, 2.05) is 26.0 Å². The van der Waals surface area contributed by atoms with Crippen LogP contribution < -0.4 is 21.2 Å². The highest BCUT2D eigenvalue weighted by molar-refractivity contribution is 5.82. The molecule has 122 valence electrons. The topological polar surface area (TPSA) is 58.2 Å². The maximum absolute atomic E-state index is 13.1. The van der Waals surface area contributed by atoms with E-state index in [2.05, 4.69) is 24.2 Å². The zero-order chi connectivity index (χ0) is 18.1. The third-order valence-corrected chi connectivity index (χ3v) is 4.04. The van der Waals surface area contributed by atoms with Gasteiger partial charge in [-0.15, -0.1) is 0 Å². The van der Waals surface area contributed by atoms with Crippen LogP contribution in [-0.2, 0) is 0 Å². The van der Waals surface area contributed by atoms with Gasteiger partial charge >= 0.3 is 0 Å². The first-order chi connectivity index (χ1) is 12.0. The van der Waals surface area contributed by atoms with E-state index < -0.39 is 0 Å². The lowest BCUT2D eigenvalue weighted by molar-refractivity contribution is 1.10. The van der Waals surface area contributed by atoms with Gasteiger partial charge in [-0.25, -0.2) is 4.98 Å². The fourth-order valence-corrected chi connectivity index (χ4v) is 2.84. The van der Waals surface area contributed by atoms with Gasteiger partial charge in [0.05, 0.1) is 22.7 Å². The Balaban J connectivity index is 2.59. The van der Waals surface area contributed by atoms with Crippen molar-refractivity contribution in [3.8, 4) is 6.07 Å². The molecule has 0 bridgehead atoms. The number of fused-ring (bicyclic) bond motifs is 3. The lowest BCUT2D eigenvalue weighted by Gasteiger charge is -1.98. The van der Waals surface area contributed by atoms with Crippen molar-refractivity contribution in [2.45, 2.75) is 13.8 Å². The van der Waals surface area contributed by atoms with Crippen molar-refractivity contribution >= 4 is 35.4 Å². The minimum absolute atomic E-state index is 0.199. The molecule has 2 aromatic heterocycles. The van der Waals surface area contributed by atoms with Crippen LogP contribution >= 0.6 is 0 Å². The van der Waals surface area contributed by atoms with Crippen molar-refractivity contribution in [3.05, 3.63) is 74.1 Å². The van der Waals surface area contributed by atoms with Crippen LogP contribution in [0.1, 0.15) is 19.4 Å². The Morgan fingerprint density at radius 1 is 1.36 bits per heavy atom. The molecule has 3 rings (SSSR count). The average Bonchev–Trinajstić information content (AvgIpc) is 2.96. The molecule has 0 saturated carbocycles. The molecule has 0 unspecified atom stereocenters. The molecule has 2 heterocycles. The van der Waals surface area contributed by atoms with E-state index in [1.165, 1.54) is 0 Å². The maximum atomic E-state index is 13.1. The average molecular weight is 327 g/mol. The summed E-state index contributed by atoms with van der Waals surface area (Å²) in [6.07, 6.45) is 7.26. The first kappa shape index (κ1) is 16.4. The summed E-state index contributed by atoms with van der Waals surface area (Å²) >= 11 is 0. The molecule has 0 atom stereocenters. The SMILES string of the molecule is C=C(C)/C=C\C=c1/c(=C)/c(=C\C)c2nc3ccc(C#N)cc3n2c1=O. The summed E-state index contributed by atoms with van der Waals surface area (Å²) in [6, 6.07) is 7.24. The molecule has 0 N–H and O–H groups in total. The number of hydrogen-bond donors (Lipinski definition) is 0. The van der Waals surface area contributed by atoms with Crippen molar-refractivity contribution in [1.29, 1.82) is 5.26 Å². The number of aromatic nitrogens is 2. The number of pyridine rings is 1. The van der Waals surface area contributed by atoms with Gasteiger partial charge in [0, 0.05) is 10.4 Å². The van der Waals surface area contributed by atoms with Crippen molar-refractivity contribution in [2.75, 3.05) is 0 Å². The molecule has 0 aliphatic heterocycles. The number of hydrogen-bond acceptors (Lipinski definition) is 3. The fourth-order valence-electron chi connectivity index (χ4n) is 2.84. The number of rotatable bonds is 2. The second-order valence-corrected chi connectivity index (χ2v) is 5.86. The normalized spacial score (nSPS) is 13.2. The molecule has 0 saturated heterocycles. The molecule has 0 fully saturated rings. The Morgan fingerprint density at radius 2 is 2.12 bits per heavy atom. The van der Waals surface area contributed by atoms with E-state index in [-0.39, 0.29) is 5.56 Å². The summed E-state index contributed by atoms with van der Waals surface area (Å²) in [5.74, 6) is 0. The van der Waals surface area contributed by atoms with E-state index in [0.29, 0.717) is 32.7 Å². The van der Waals surface area contributed by atoms with E-state index in [4.69, 9.17) is 5.26 Å². The Kier molecular flexibility index (Phi) is 4.08. The third-order valence-electron chi connectivity index (χ3n) is 4.04. The predicted octanol–water partition coefficient (Wildman–Crippen LogP) is 1.56. The van der Waals surface area contributed by atoms with Crippen molar-refractivity contribution in [3.63, 3.8) is 0 Å². The second kappa shape index (κ2) is 6.21. The zero-order valence-electron chi connectivity index (χ0n) is 14.2. The van der Waals surface area contributed by atoms with E-state index in [1.54, 1.807) is 34.8 Å². The van der Waals surface area contributed by atoms with Gasteiger partial charge in [0.25, 0.3) is 5.56 Å². The summed E-state index contributed by atoms with van der Waals surface area (Å²) in [4.78, 5) is 17.6. The van der Waals surface area contributed by atoms with E-state index in [0.717, 1.165) is 10.8 Å². The van der Waals surface area contributed by atoms with Crippen molar-refractivity contribution in [1.82, 2.24) is 9.38 Å². The summed E-state index contributed by atoms with van der Waals surface area (Å²) in [7, 11) is 0. The monoisotopic (exact) mass is 327 g/mol. The van der Waals surface area contributed by atoms with Crippen LogP contribution in [0.3, 0.4) is 0 Å². The van der Waals surface area contributed by atoms with Gasteiger partial charge < -0.3 is 0 Å². The van der Waals surface area contributed by atoms with Gasteiger partial charge in [0.1, 0.15) is 5.65 Å². The number of imidazole rings is 1. The van der Waals surface area contributed by atoms with E-state index in [9.17, 15) is 4.79 Å². The highest BCUT2D eigenvalue weighted by Crippen LogP contribution is 2.14. The molecule has 0 aliphatic carbocycles. The van der Waals surface area contributed by atoms with Gasteiger partial charge in [-0.05, 0) is 43.3 Å². The van der Waals surface area contributed by atoms with Gasteiger partial charge in [0.15, 0.2) is 0 Å². The number of nitriles is 1. The standard InChI is InChI=1S/C21H17N3O/c1-5-16-14(4)17(8-6-7-13(2)3)21(25)24-19-11-15(12-22)9-10-18(19)23-20(16)24/h5-11H,2,4H2,1,3H3/b7-6-,16-5+,17-8+. The molecular weight excluding hydrogens is 310 g/mol. The van der Waals surface area contributed by atoms with Crippen LogP contribution in [0.5, 0.6) is 0 Å². The molecule has 1 aromatic carbocycles. The smallest absolute Gasteiger partial charge is 0.264 e. The number of nitrogens with zero attached hydrogens (tertiary/aromatic N) is 3. The summed E-state index contributed by atoms with van der Waals surface area (Å²) in [6.45, 7) is 11.7. The molecular formula is C21H17N3O. The lowest BCUT2D eigenvalue weighted by Crippen LogP contribution is -2.50. The Bertz CT molecular complexity index is 1320. The first-order valence-electron chi connectivity index (χ1n) is 7.85. The second-order valence-electron chi connectivity index (χ2n) is 5.86. The lowest BCUT2D eigenvalue weighted by atomic mass is 10.2. The van der Waals surface area contributed by atoms with Crippen LogP contribution in [0.15, 0.2) is 47.3 Å². The van der Waals surface area contributed by atoms with Gasteiger partial charge in [-0.3, -0.25) is 9.20 Å². The Hall–Kier alpha value is -3.45. The minimum Gasteiger partial charge on any atom is -0.268 e. The molecule has 0 spiro atoms. The molecule has 4 nitrogen and oxygen atoms in total. The maximum Gasteiger partial charge on any atom is 0.264 e. The van der Waals surface area contributed by atoms with Crippen LogP contribution in [-0.4, -0.2) is 9.38 Å². The molecule has 3 aromatic rings. The third kappa shape index (κ3) is 2.66. The largest absolute Gasteiger partial charge is 0.268 e. The minimum atomic E-state index is -0.199. The van der Waals surface area contributed by atoms with Crippen LogP contribution in [0.2, 0.25) is 0 Å². The zero-order valence-corrected chi connectivity index (χ0v) is 14.2. The molecule has 0 aliphatic rings. The van der Waals surface area contributed by atoms with Gasteiger partial charge in [-0.1, -0.05) is 37.0 Å². The highest BCUT2D eigenvalue weighted by atomic mass is 16.1. The van der Waals surface area contributed by atoms with E-state index >= 15 is 0 Å². The molecule has 0 radical (unpaired) electrons. The summed E-state index contributed by atoms with van der Waals surface area (Å²) < 4.78 is 1.56. The predicted molar refractivity (Wildman–Crippen MR) is 102 cm³/mol. The number of benzene rings is 1. The molecule has 4 heteroatoms. The summed E-state index contributed by atoms with van der Waals surface area (Å²) in [5, 5.41) is 11.1. The fraction of sp³-hybridized carbons (Fsp3) is 0.0952. The summed E-state index contributed by atoms with van der Waals surface area (Å²) in [5.41, 5.74) is 3.04. The molecule has 0 amide bonds. The van der Waals surface area contributed by atoms with Crippen LogP contribution in [0.4, 0.5) is 0 Å². The Morgan fingerprint density at radius 3 is 2.76 bits per heavy atom. The van der Waals surface area contributed by atoms with Gasteiger partial charge in [-0.2, -0.15) is 5.26 Å². The quantitative estimate of drug-likeness (QED) is 0.671.